The molecule has 26 heavy (non-hydrogen) atoms. The van der Waals surface area contributed by atoms with Crippen LogP contribution in [0.4, 0.5) is 4.79 Å². The van der Waals surface area contributed by atoms with Crippen LogP contribution >= 0.6 is 11.3 Å². The average molecular weight is 366 g/mol. The van der Waals surface area contributed by atoms with Crippen LogP contribution in [0.3, 0.4) is 0 Å². The lowest BCUT2D eigenvalue weighted by Crippen LogP contribution is -2.43. The second kappa shape index (κ2) is 7.46. The molecule has 0 saturated carbocycles. The first-order valence-electron chi connectivity index (χ1n) is 9.13. The number of nitrogens with one attached hydrogen (secondary N) is 1. The first-order valence-corrected chi connectivity index (χ1v) is 9.94. The number of amides is 2. The molecule has 4 nitrogen and oxygen atoms in total. The van der Waals surface area contributed by atoms with E-state index in [1.807, 2.05) is 11.0 Å². The van der Waals surface area contributed by atoms with Gasteiger partial charge in [-0.3, -0.25) is 0 Å². The third-order valence-corrected chi connectivity index (χ3v) is 6.21. The van der Waals surface area contributed by atoms with E-state index < -0.39 is 0 Å². The molecule has 0 unspecified atom stereocenters. The predicted molar refractivity (Wildman–Crippen MR) is 107 cm³/mol. The quantitative estimate of drug-likeness (QED) is 0.731. The van der Waals surface area contributed by atoms with Gasteiger partial charge in [0, 0.05) is 25.6 Å². The molecule has 1 aromatic heterocycles. The number of fused-ring (bicyclic) bond motifs is 1. The summed E-state index contributed by atoms with van der Waals surface area (Å²) in [5.74, 6) is 0.466. The Labute approximate surface area is 157 Å². The number of rotatable bonds is 3. The summed E-state index contributed by atoms with van der Waals surface area (Å²) in [5.41, 5.74) is 3.45. The van der Waals surface area contributed by atoms with Crippen molar-refractivity contribution in [1.82, 2.24) is 15.2 Å². The van der Waals surface area contributed by atoms with Crippen LogP contribution in [0.5, 0.6) is 0 Å². The van der Waals surface area contributed by atoms with E-state index in [1.54, 1.807) is 11.3 Å². The minimum Gasteiger partial charge on any atom is -0.334 e. The van der Waals surface area contributed by atoms with E-state index >= 15 is 0 Å². The highest BCUT2D eigenvalue weighted by molar-refractivity contribution is 7.18. The Morgan fingerprint density at radius 2 is 1.88 bits per heavy atom. The average Bonchev–Trinajstić information content (AvgIpc) is 3.12. The van der Waals surface area contributed by atoms with Crippen molar-refractivity contribution in [3.8, 4) is 0 Å². The predicted octanol–water partition coefficient (Wildman–Crippen LogP) is 4.69. The molecule has 0 aliphatic carbocycles. The number of para-hydroxylation sites is 1. The number of aromatic nitrogens is 1. The molecular formula is C21H23N3OS. The molecule has 1 saturated heterocycles. The van der Waals surface area contributed by atoms with Crippen molar-refractivity contribution in [3.05, 3.63) is 64.7 Å². The van der Waals surface area contributed by atoms with Crippen LogP contribution in [0.1, 0.15) is 34.9 Å². The molecular weight excluding hydrogens is 342 g/mol. The van der Waals surface area contributed by atoms with Crippen molar-refractivity contribution in [2.24, 2.45) is 0 Å². The zero-order valence-electron chi connectivity index (χ0n) is 14.9. The first-order chi connectivity index (χ1) is 12.7. The van der Waals surface area contributed by atoms with Gasteiger partial charge in [-0.15, -0.1) is 11.3 Å². The minimum atomic E-state index is 0.0355. The summed E-state index contributed by atoms with van der Waals surface area (Å²) in [7, 11) is 0. The zero-order chi connectivity index (χ0) is 17.9. The molecule has 4 rings (SSSR count). The van der Waals surface area contributed by atoms with Gasteiger partial charge in [0.05, 0.1) is 15.2 Å². The van der Waals surface area contributed by atoms with Crippen molar-refractivity contribution in [2.45, 2.75) is 32.2 Å². The number of carbonyl (C=O) groups excluding carboxylic acids is 1. The molecule has 1 N–H and O–H groups in total. The number of hydrogen-bond donors (Lipinski definition) is 1. The summed E-state index contributed by atoms with van der Waals surface area (Å²) in [6.45, 7) is 4.23. The van der Waals surface area contributed by atoms with Crippen molar-refractivity contribution in [3.63, 3.8) is 0 Å². The van der Waals surface area contributed by atoms with E-state index in [1.165, 1.54) is 15.3 Å². The second-order valence-electron chi connectivity index (χ2n) is 6.93. The summed E-state index contributed by atoms with van der Waals surface area (Å²) >= 11 is 1.79. The van der Waals surface area contributed by atoms with Gasteiger partial charge in [0.2, 0.25) is 0 Å². The number of likely N-dealkylation sites (tertiary alicyclic amines) is 1. The fraction of sp³-hybridized carbons (Fsp3) is 0.333. The van der Waals surface area contributed by atoms with Crippen molar-refractivity contribution < 1.29 is 4.79 Å². The Hall–Kier alpha value is -2.40. The lowest BCUT2D eigenvalue weighted by Gasteiger charge is -2.31. The maximum atomic E-state index is 12.4. The van der Waals surface area contributed by atoms with Crippen LogP contribution in [0.15, 0.2) is 48.5 Å². The molecule has 0 spiro atoms. The third kappa shape index (κ3) is 3.73. The number of aryl methyl sites for hydroxylation is 1. The Morgan fingerprint density at radius 1 is 1.15 bits per heavy atom. The molecule has 0 radical (unpaired) electrons. The Bertz CT molecular complexity index is 862. The SMILES string of the molecule is Cc1ccc(CNC(=O)N2CCC(c3nc4ccccc4s3)CC2)cc1. The number of nitrogens with zero attached hydrogens (tertiary/aromatic N) is 2. The molecule has 2 amide bonds. The number of hydrogen-bond acceptors (Lipinski definition) is 3. The Kier molecular flexibility index (Phi) is 4.89. The summed E-state index contributed by atoms with van der Waals surface area (Å²) < 4.78 is 1.25. The van der Waals surface area contributed by atoms with E-state index in [0.29, 0.717) is 12.5 Å². The Morgan fingerprint density at radius 3 is 2.62 bits per heavy atom. The number of thiazole rings is 1. The minimum absolute atomic E-state index is 0.0355. The number of urea groups is 1. The molecule has 1 aliphatic rings. The molecule has 1 fully saturated rings. The summed E-state index contributed by atoms with van der Waals surface area (Å²) in [6.07, 6.45) is 1.97. The highest BCUT2D eigenvalue weighted by atomic mass is 32.1. The number of piperidine rings is 1. The summed E-state index contributed by atoms with van der Waals surface area (Å²) in [6, 6.07) is 16.6. The molecule has 3 aromatic rings. The third-order valence-electron chi connectivity index (χ3n) is 5.01. The van der Waals surface area contributed by atoms with Crippen LogP contribution in [-0.4, -0.2) is 29.0 Å². The van der Waals surface area contributed by atoms with Crippen LogP contribution in [0.2, 0.25) is 0 Å². The van der Waals surface area contributed by atoms with E-state index in [4.69, 9.17) is 4.98 Å². The van der Waals surface area contributed by atoms with Gasteiger partial charge in [0.15, 0.2) is 0 Å². The van der Waals surface area contributed by atoms with Gasteiger partial charge in [-0.05, 0) is 37.5 Å². The van der Waals surface area contributed by atoms with E-state index in [0.717, 1.165) is 37.0 Å². The smallest absolute Gasteiger partial charge is 0.317 e. The molecule has 134 valence electrons. The maximum absolute atomic E-state index is 12.4. The van der Waals surface area contributed by atoms with E-state index in [2.05, 4.69) is 54.7 Å². The van der Waals surface area contributed by atoms with Crippen LogP contribution in [0, 0.1) is 6.92 Å². The van der Waals surface area contributed by atoms with Crippen molar-refractivity contribution >= 4 is 27.6 Å². The van der Waals surface area contributed by atoms with Crippen molar-refractivity contribution in [1.29, 1.82) is 0 Å². The molecule has 5 heteroatoms. The molecule has 2 heterocycles. The Balaban J connectivity index is 1.31. The summed E-state index contributed by atoms with van der Waals surface area (Å²) in [5, 5.41) is 4.25. The molecule has 1 aliphatic heterocycles. The second-order valence-corrected chi connectivity index (χ2v) is 7.99. The van der Waals surface area contributed by atoms with Gasteiger partial charge in [-0.2, -0.15) is 0 Å². The summed E-state index contributed by atoms with van der Waals surface area (Å²) in [4.78, 5) is 19.1. The first kappa shape index (κ1) is 17.0. The molecule has 2 aromatic carbocycles. The van der Waals surface area contributed by atoms with E-state index in [9.17, 15) is 4.79 Å². The van der Waals surface area contributed by atoms with Gasteiger partial charge in [0.25, 0.3) is 0 Å². The van der Waals surface area contributed by atoms with Gasteiger partial charge in [0.1, 0.15) is 0 Å². The van der Waals surface area contributed by atoms with Crippen molar-refractivity contribution in [2.75, 3.05) is 13.1 Å². The highest BCUT2D eigenvalue weighted by Gasteiger charge is 2.25. The highest BCUT2D eigenvalue weighted by Crippen LogP contribution is 2.33. The number of carbonyl (C=O) groups is 1. The fourth-order valence-electron chi connectivity index (χ4n) is 3.39. The van der Waals surface area contributed by atoms with Crippen LogP contribution in [-0.2, 0) is 6.54 Å². The van der Waals surface area contributed by atoms with Gasteiger partial charge in [-0.25, -0.2) is 9.78 Å². The zero-order valence-corrected chi connectivity index (χ0v) is 15.8. The van der Waals surface area contributed by atoms with E-state index in [-0.39, 0.29) is 6.03 Å². The lowest BCUT2D eigenvalue weighted by atomic mass is 9.98. The number of benzene rings is 2. The normalized spacial score (nSPS) is 15.3. The molecule has 0 bridgehead atoms. The fourth-order valence-corrected chi connectivity index (χ4v) is 4.53. The largest absolute Gasteiger partial charge is 0.334 e. The van der Waals surface area contributed by atoms with Gasteiger partial charge < -0.3 is 10.2 Å². The monoisotopic (exact) mass is 365 g/mol. The lowest BCUT2D eigenvalue weighted by molar-refractivity contribution is 0.181. The van der Waals surface area contributed by atoms with Crippen LogP contribution in [0.25, 0.3) is 10.2 Å². The topological polar surface area (TPSA) is 45.2 Å². The van der Waals surface area contributed by atoms with Gasteiger partial charge >= 0.3 is 6.03 Å². The standard InChI is InChI=1S/C21H23N3OS/c1-15-6-8-16(9-7-15)14-22-21(25)24-12-10-17(11-13-24)20-23-18-4-2-3-5-19(18)26-20/h2-9,17H,10-14H2,1H3,(H,22,25). The van der Waals surface area contributed by atoms with Crippen LogP contribution < -0.4 is 5.32 Å². The van der Waals surface area contributed by atoms with Gasteiger partial charge in [-0.1, -0.05) is 42.0 Å². The molecule has 0 atom stereocenters. The maximum Gasteiger partial charge on any atom is 0.317 e.